The van der Waals surface area contributed by atoms with Gasteiger partial charge >= 0.3 is 5.51 Å². The molecule has 0 heterocycles. The van der Waals surface area contributed by atoms with Crippen LogP contribution in [0.25, 0.3) is 0 Å². The molecular weight excluding hydrogens is 330 g/mol. The van der Waals surface area contributed by atoms with Gasteiger partial charge in [0.25, 0.3) is 10.8 Å². The molecule has 0 aliphatic rings. The van der Waals surface area contributed by atoms with Gasteiger partial charge in [-0.05, 0) is 6.07 Å². The van der Waals surface area contributed by atoms with Crippen LogP contribution in [0.15, 0.2) is 18.2 Å². The first-order chi connectivity index (χ1) is 8.68. The van der Waals surface area contributed by atoms with Gasteiger partial charge in [0.1, 0.15) is 0 Å². The van der Waals surface area contributed by atoms with Crippen molar-refractivity contribution in [2.75, 3.05) is 0 Å². The Morgan fingerprint density at radius 2 is 1.45 bits per heavy atom. The van der Waals surface area contributed by atoms with Gasteiger partial charge < -0.3 is 4.55 Å². The number of nitrogens with zero attached hydrogens (tertiary/aromatic N) is 1. The first kappa shape index (κ1) is 18.5. The lowest BCUT2D eigenvalue weighted by Gasteiger charge is -2.08. The topological polar surface area (TPSA) is 57.2 Å². The van der Waals surface area contributed by atoms with E-state index in [-0.39, 0.29) is 0 Å². The minimum Gasteiger partial charge on any atom is -0.741 e. The molecule has 0 aromatic heterocycles. The second-order valence-electron chi connectivity index (χ2n) is 2.92. The fourth-order valence-corrected chi connectivity index (χ4v) is 0.688. The van der Waals surface area contributed by atoms with Crippen LogP contribution >= 0.6 is 0 Å². The van der Waals surface area contributed by atoms with E-state index >= 15 is 0 Å². The lowest BCUT2D eigenvalue weighted by Crippen LogP contribution is -2.21. The highest BCUT2D eigenvalue weighted by atomic mass is 32.2. The maximum atomic E-state index is 12.4. The number of hydrogen-bond donors (Lipinski definition) is 0. The first-order valence-corrected chi connectivity index (χ1v) is 5.53. The molecule has 0 spiro atoms. The Labute approximate surface area is 106 Å². The summed E-state index contributed by atoms with van der Waals surface area (Å²) in [6.07, 6.45) is 0. The maximum Gasteiger partial charge on any atom is 0.485 e. The predicted octanol–water partition coefficient (Wildman–Crippen LogP) is 2.98. The number of halogens is 8. The van der Waals surface area contributed by atoms with Crippen molar-refractivity contribution >= 4 is 15.8 Å². The third kappa shape index (κ3) is 5.26. The van der Waals surface area contributed by atoms with E-state index in [0.717, 1.165) is 6.07 Å². The van der Waals surface area contributed by atoms with Gasteiger partial charge in [-0.15, -0.1) is 0 Å². The van der Waals surface area contributed by atoms with Crippen LogP contribution in [-0.2, 0) is 10.1 Å². The Balaban J connectivity index is 0.000000396. The van der Waals surface area contributed by atoms with E-state index in [0.29, 0.717) is 12.1 Å². The summed E-state index contributed by atoms with van der Waals surface area (Å²) in [4.78, 5) is 0. The van der Waals surface area contributed by atoms with Crippen molar-refractivity contribution < 1.29 is 48.4 Å². The molecule has 20 heavy (non-hydrogen) atoms. The smallest absolute Gasteiger partial charge is 0.485 e. The third-order valence-electron chi connectivity index (χ3n) is 1.49. The molecule has 0 radical (unpaired) electrons. The summed E-state index contributed by atoms with van der Waals surface area (Å²) in [6.45, 7) is 0. The summed E-state index contributed by atoms with van der Waals surface area (Å²) in [7, 11) is -6.09. The Kier molecular flexibility index (Phi) is 5.45. The van der Waals surface area contributed by atoms with Crippen molar-refractivity contribution in [3.8, 4) is 0 Å². The summed E-state index contributed by atoms with van der Waals surface area (Å²) >= 11 is 0. The van der Waals surface area contributed by atoms with Crippen LogP contribution in [0.2, 0.25) is 0 Å². The molecule has 13 heteroatoms. The molecule has 1 aromatic rings. The second kappa shape index (κ2) is 5.88. The largest absolute Gasteiger partial charge is 0.741 e. The van der Waals surface area contributed by atoms with Crippen LogP contribution in [0.5, 0.6) is 0 Å². The molecule has 0 bridgehead atoms. The fraction of sp³-hybridized carbons (Fsp3) is 0.143. The lowest BCUT2D eigenvalue weighted by molar-refractivity contribution is -0.280. The highest BCUT2D eigenvalue weighted by Crippen LogP contribution is 2.29. The minimum atomic E-state index is -6.09. The lowest BCUT2D eigenvalue weighted by atomic mass is 10.3. The zero-order valence-electron chi connectivity index (χ0n) is 8.84. The molecule has 0 aliphatic carbocycles. The molecule has 4 nitrogen and oxygen atoms in total. The predicted molar refractivity (Wildman–Crippen MR) is 47.2 cm³/mol. The zero-order valence-corrected chi connectivity index (χ0v) is 9.65. The quantitative estimate of drug-likeness (QED) is 0.344. The van der Waals surface area contributed by atoms with Crippen molar-refractivity contribution in [2.45, 2.75) is 5.51 Å². The summed E-state index contributed by atoms with van der Waals surface area (Å²) in [6, 6.07) is 1.87. The summed E-state index contributed by atoms with van der Waals surface area (Å²) in [5.74, 6) is -3.40. The Bertz CT molecular complexity index is 564. The molecule has 0 fully saturated rings. The van der Waals surface area contributed by atoms with Crippen molar-refractivity contribution in [2.24, 2.45) is 0 Å². The summed E-state index contributed by atoms with van der Waals surface area (Å²) in [5.41, 5.74) is -7.29. The van der Waals surface area contributed by atoms with Crippen LogP contribution < -0.4 is 5.15 Å². The van der Waals surface area contributed by atoms with E-state index in [2.05, 4.69) is 0 Å². The van der Waals surface area contributed by atoms with Gasteiger partial charge in [-0.3, -0.25) is 0 Å². The van der Waals surface area contributed by atoms with Crippen molar-refractivity contribution in [1.29, 1.82) is 0 Å². The van der Waals surface area contributed by atoms with E-state index in [9.17, 15) is 35.4 Å². The van der Waals surface area contributed by atoms with E-state index in [1.807, 2.05) is 0 Å². The molecule has 0 aliphatic heterocycles. The van der Waals surface area contributed by atoms with Crippen LogP contribution in [-0.4, -0.2) is 18.5 Å². The van der Waals surface area contributed by atoms with Gasteiger partial charge in [-0.1, -0.05) is 6.07 Å². The van der Waals surface area contributed by atoms with E-state index in [4.69, 9.17) is 13.0 Å². The van der Waals surface area contributed by atoms with Crippen LogP contribution in [0.1, 0.15) is 0 Å². The molecular formula is C7H3F8NO3S. The van der Waals surface area contributed by atoms with Crippen LogP contribution in [0.3, 0.4) is 0 Å². The standard InChI is InChI=1S/C6H3F5N.CHF3O3S/c7-4-2-1-3-5(6(4)8)12(9,10)11;2-1(3,4)8(5,6)7/h1-3H;(H,5,6,7)/q+1;/p-1. The number of benzene rings is 1. The summed E-state index contributed by atoms with van der Waals surface area (Å²) in [5, 5.41) is -4.22. The van der Waals surface area contributed by atoms with Crippen molar-refractivity contribution in [3.63, 3.8) is 0 Å². The van der Waals surface area contributed by atoms with Gasteiger partial charge in [-0.2, -0.15) is 17.6 Å². The van der Waals surface area contributed by atoms with Gasteiger partial charge in [0, 0.05) is 6.07 Å². The molecule has 1 aromatic carbocycles. The van der Waals surface area contributed by atoms with Gasteiger partial charge in [0.15, 0.2) is 15.9 Å². The SMILES string of the molecule is Fc1cccc([N+](F)(F)F)c1F.O=S(=O)([O-])C(F)(F)F. The molecule has 0 atom stereocenters. The summed E-state index contributed by atoms with van der Waals surface area (Å²) < 4.78 is 119. The molecule has 0 N–H and O–H groups in total. The average Bonchev–Trinajstić information content (AvgIpc) is 2.18. The Hall–Kier alpha value is -1.47. The zero-order chi connectivity index (χ0) is 16.4. The van der Waals surface area contributed by atoms with Gasteiger partial charge in [-0.25, -0.2) is 12.8 Å². The fourth-order valence-electron chi connectivity index (χ4n) is 0.688. The average molecular weight is 333 g/mol. The second-order valence-corrected chi connectivity index (χ2v) is 4.29. The highest BCUT2D eigenvalue weighted by molar-refractivity contribution is 7.86. The van der Waals surface area contributed by atoms with Crippen LogP contribution in [0.4, 0.5) is 41.1 Å². The Morgan fingerprint density at radius 1 is 1.05 bits per heavy atom. The van der Waals surface area contributed by atoms with E-state index in [1.54, 1.807) is 0 Å². The van der Waals surface area contributed by atoms with E-state index in [1.165, 1.54) is 0 Å². The number of hydrogen-bond acceptors (Lipinski definition) is 3. The first-order valence-electron chi connectivity index (χ1n) is 4.12. The minimum absolute atomic E-state index is 0.457. The highest BCUT2D eigenvalue weighted by Gasteiger charge is 2.40. The van der Waals surface area contributed by atoms with Crippen molar-refractivity contribution in [1.82, 2.24) is 5.15 Å². The molecule has 0 amide bonds. The van der Waals surface area contributed by atoms with Crippen LogP contribution in [0, 0.1) is 11.6 Å². The normalized spacial score (nSPS) is 12.7. The van der Waals surface area contributed by atoms with Crippen molar-refractivity contribution in [3.05, 3.63) is 29.8 Å². The number of rotatable bonds is 1. The Morgan fingerprint density at radius 3 is 1.70 bits per heavy atom. The monoisotopic (exact) mass is 333 g/mol. The molecule has 0 unspecified atom stereocenters. The molecule has 0 saturated heterocycles. The molecule has 116 valence electrons. The maximum absolute atomic E-state index is 12.4. The molecule has 0 saturated carbocycles. The number of quaternary nitrogens is 1. The van der Waals surface area contributed by atoms with Gasteiger partial charge in [0.2, 0.25) is 5.82 Å². The van der Waals surface area contributed by atoms with Gasteiger partial charge in [0.05, 0.1) is 13.4 Å². The van der Waals surface area contributed by atoms with E-state index < -0.39 is 38.1 Å². The number of alkyl halides is 3. The third-order valence-corrected chi connectivity index (χ3v) is 2.05. The molecule has 1 rings (SSSR count).